The van der Waals surface area contributed by atoms with Crippen molar-refractivity contribution in [1.29, 1.82) is 0 Å². The smallest absolute Gasteiger partial charge is 0.243 e. The maximum absolute atomic E-state index is 13.2. The van der Waals surface area contributed by atoms with Gasteiger partial charge < -0.3 is 14.8 Å². The van der Waals surface area contributed by atoms with Crippen LogP contribution in [0.25, 0.3) is 0 Å². The second-order valence-electron chi connectivity index (χ2n) is 6.46. The van der Waals surface area contributed by atoms with Gasteiger partial charge in [0.25, 0.3) is 0 Å². The summed E-state index contributed by atoms with van der Waals surface area (Å²) in [4.78, 5) is 0.343. The Morgan fingerprint density at radius 2 is 2.04 bits per heavy atom. The molecule has 0 saturated carbocycles. The number of piperidine rings is 1. The molecule has 0 bridgehead atoms. The van der Waals surface area contributed by atoms with Crippen molar-refractivity contribution in [2.24, 2.45) is 0 Å². The molecule has 3 rings (SSSR count). The van der Waals surface area contributed by atoms with E-state index in [1.807, 2.05) is 19.1 Å². The number of nitrogens with zero attached hydrogens (tertiary/aromatic N) is 1. The van der Waals surface area contributed by atoms with E-state index in [1.165, 1.54) is 0 Å². The number of sulfonamides is 1. The highest BCUT2D eigenvalue weighted by molar-refractivity contribution is 7.89. The van der Waals surface area contributed by atoms with Gasteiger partial charge in [0.1, 0.15) is 0 Å². The van der Waals surface area contributed by atoms with Gasteiger partial charge in [-0.1, -0.05) is 17.7 Å². The molecule has 1 aromatic rings. The van der Waals surface area contributed by atoms with Crippen molar-refractivity contribution in [2.75, 3.05) is 39.5 Å². The SMILES string of the molecule is Cc1ccc(S(=O)(=O)N(CC2COCCO2)[C@H]2CCCNC2)cc1. The molecule has 1 aromatic carbocycles. The summed E-state index contributed by atoms with van der Waals surface area (Å²) in [5.74, 6) is 0. The Bertz CT molecular complexity index is 620. The minimum Gasteiger partial charge on any atom is -0.376 e. The molecule has 0 aliphatic carbocycles. The Morgan fingerprint density at radius 1 is 1.25 bits per heavy atom. The van der Waals surface area contributed by atoms with E-state index in [2.05, 4.69) is 5.32 Å². The van der Waals surface area contributed by atoms with Crippen LogP contribution in [0, 0.1) is 6.92 Å². The zero-order valence-electron chi connectivity index (χ0n) is 14.1. The monoisotopic (exact) mass is 354 g/mol. The largest absolute Gasteiger partial charge is 0.376 e. The first-order chi connectivity index (χ1) is 11.6. The van der Waals surface area contributed by atoms with Gasteiger partial charge in [-0.25, -0.2) is 8.42 Å². The molecule has 7 heteroatoms. The molecular weight excluding hydrogens is 328 g/mol. The Balaban J connectivity index is 1.85. The Hall–Kier alpha value is -0.990. The van der Waals surface area contributed by atoms with E-state index in [4.69, 9.17) is 9.47 Å². The molecule has 2 aliphatic heterocycles. The van der Waals surface area contributed by atoms with Gasteiger partial charge in [-0.15, -0.1) is 0 Å². The predicted octanol–water partition coefficient (Wildman–Crippen LogP) is 1.15. The molecule has 0 aromatic heterocycles. The number of nitrogens with one attached hydrogen (secondary N) is 1. The number of rotatable bonds is 5. The lowest BCUT2D eigenvalue weighted by Gasteiger charge is -2.36. The molecule has 1 unspecified atom stereocenters. The van der Waals surface area contributed by atoms with Crippen LogP contribution in [0.15, 0.2) is 29.2 Å². The lowest BCUT2D eigenvalue weighted by atomic mass is 10.1. The molecule has 2 aliphatic rings. The van der Waals surface area contributed by atoms with E-state index in [9.17, 15) is 8.42 Å². The second kappa shape index (κ2) is 7.93. The van der Waals surface area contributed by atoms with E-state index in [1.54, 1.807) is 16.4 Å². The lowest BCUT2D eigenvalue weighted by molar-refractivity contribution is -0.0940. The summed E-state index contributed by atoms with van der Waals surface area (Å²) in [7, 11) is -3.56. The first kappa shape index (κ1) is 17.8. The van der Waals surface area contributed by atoms with Crippen LogP contribution in [0.1, 0.15) is 18.4 Å². The number of hydrogen-bond acceptors (Lipinski definition) is 5. The van der Waals surface area contributed by atoms with Crippen molar-refractivity contribution in [3.8, 4) is 0 Å². The van der Waals surface area contributed by atoms with Crippen LogP contribution in [0.4, 0.5) is 0 Å². The molecule has 2 atom stereocenters. The second-order valence-corrected chi connectivity index (χ2v) is 8.35. The molecule has 0 radical (unpaired) electrons. The van der Waals surface area contributed by atoms with Gasteiger partial charge in [0, 0.05) is 19.1 Å². The molecule has 134 valence electrons. The summed E-state index contributed by atoms with van der Waals surface area (Å²) in [6.45, 7) is 5.45. The molecule has 1 N–H and O–H groups in total. The van der Waals surface area contributed by atoms with Crippen molar-refractivity contribution in [1.82, 2.24) is 9.62 Å². The Morgan fingerprint density at radius 3 is 2.67 bits per heavy atom. The third-order valence-electron chi connectivity index (χ3n) is 4.57. The zero-order valence-corrected chi connectivity index (χ0v) is 14.9. The van der Waals surface area contributed by atoms with E-state index in [-0.39, 0.29) is 12.1 Å². The summed E-state index contributed by atoms with van der Waals surface area (Å²) < 4.78 is 39.2. The van der Waals surface area contributed by atoms with E-state index in [0.717, 1.165) is 24.9 Å². The highest BCUT2D eigenvalue weighted by Crippen LogP contribution is 2.23. The number of hydrogen-bond donors (Lipinski definition) is 1. The Kier molecular flexibility index (Phi) is 5.89. The summed E-state index contributed by atoms with van der Waals surface area (Å²) in [5, 5.41) is 3.31. The molecule has 24 heavy (non-hydrogen) atoms. The fourth-order valence-electron chi connectivity index (χ4n) is 3.21. The molecule has 2 saturated heterocycles. The minimum absolute atomic E-state index is 0.0458. The number of benzene rings is 1. The van der Waals surface area contributed by atoms with Crippen LogP contribution in [0.2, 0.25) is 0 Å². The van der Waals surface area contributed by atoms with E-state index in [0.29, 0.717) is 37.8 Å². The van der Waals surface area contributed by atoms with Gasteiger partial charge in [-0.3, -0.25) is 0 Å². The lowest BCUT2D eigenvalue weighted by Crippen LogP contribution is -2.52. The molecule has 0 spiro atoms. The van der Waals surface area contributed by atoms with E-state index < -0.39 is 10.0 Å². The highest BCUT2D eigenvalue weighted by Gasteiger charge is 2.35. The van der Waals surface area contributed by atoms with Crippen LogP contribution in [-0.4, -0.2) is 64.3 Å². The van der Waals surface area contributed by atoms with Gasteiger partial charge in [-0.2, -0.15) is 4.31 Å². The van der Waals surface area contributed by atoms with Crippen molar-refractivity contribution < 1.29 is 17.9 Å². The third-order valence-corrected chi connectivity index (χ3v) is 6.51. The molecule has 2 heterocycles. The first-order valence-corrected chi connectivity index (χ1v) is 10.00. The third kappa shape index (κ3) is 4.15. The average Bonchev–Trinajstić information content (AvgIpc) is 2.61. The van der Waals surface area contributed by atoms with Gasteiger partial charge in [0.05, 0.1) is 30.8 Å². The van der Waals surface area contributed by atoms with Crippen molar-refractivity contribution >= 4 is 10.0 Å². The van der Waals surface area contributed by atoms with Crippen molar-refractivity contribution in [3.05, 3.63) is 29.8 Å². The molecule has 0 amide bonds. The van der Waals surface area contributed by atoms with Crippen LogP contribution >= 0.6 is 0 Å². The molecular formula is C17H26N2O4S. The van der Waals surface area contributed by atoms with Gasteiger partial charge in [0.15, 0.2) is 0 Å². The Labute approximate surface area is 144 Å². The van der Waals surface area contributed by atoms with Gasteiger partial charge >= 0.3 is 0 Å². The van der Waals surface area contributed by atoms with Gasteiger partial charge in [-0.05, 0) is 38.4 Å². The minimum atomic E-state index is -3.56. The zero-order chi connectivity index (χ0) is 17.0. The maximum Gasteiger partial charge on any atom is 0.243 e. The summed E-state index contributed by atoms with van der Waals surface area (Å²) in [6.07, 6.45) is 1.64. The van der Waals surface area contributed by atoms with Gasteiger partial charge in [0.2, 0.25) is 10.0 Å². The van der Waals surface area contributed by atoms with Crippen LogP contribution in [0.5, 0.6) is 0 Å². The first-order valence-electron chi connectivity index (χ1n) is 8.56. The van der Waals surface area contributed by atoms with Crippen LogP contribution < -0.4 is 5.32 Å². The van der Waals surface area contributed by atoms with E-state index >= 15 is 0 Å². The fraction of sp³-hybridized carbons (Fsp3) is 0.647. The van der Waals surface area contributed by atoms with Crippen molar-refractivity contribution in [2.45, 2.75) is 36.8 Å². The fourth-order valence-corrected chi connectivity index (χ4v) is 4.90. The molecule has 2 fully saturated rings. The average molecular weight is 354 g/mol. The van der Waals surface area contributed by atoms with Crippen LogP contribution in [0.3, 0.4) is 0 Å². The number of ether oxygens (including phenoxy) is 2. The summed E-state index contributed by atoms with van der Waals surface area (Å²) >= 11 is 0. The normalized spacial score (nSPS) is 25.8. The standard InChI is InChI=1S/C17H26N2O4S/c1-14-4-6-17(7-5-14)24(20,21)19(15-3-2-8-18-11-15)12-16-13-22-9-10-23-16/h4-7,15-16,18H,2-3,8-13H2,1H3/t15-,16?/m0/s1. The quantitative estimate of drug-likeness (QED) is 0.859. The maximum atomic E-state index is 13.2. The topological polar surface area (TPSA) is 67.9 Å². The summed E-state index contributed by atoms with van der Waals surface area (Å²) in [5.41, 5.74) is 1.05. The van der Waals surface area contributed by atoms with Crippen LogP contribution in [-0.2, 0) is 19.5 Å². The summed E-state index contributed by atoms with van der Waals surface area (Å²) in [6, 6.07) is 7.00. The predicted molar refractivity (Wildman–Crippen MR) is 91.5 cm³/mol. The highest BCUT2D eigenvalue weighted by atomic mass is 32.2. The van der Waals surface area contributed by atoms with Crippen molar-refractivity contribution in [3.63, 3.8) is 0 Å². The number of aryl methyl sites for hydroxylation is 1. The molecule has 6 nitrogen and oxygen atoms in total.